The van der Waals surface area contributed by atoms with E-state index in [1.165, 1.54) is 5.56 Å². The van der Waals surface area contributed by atoms with Crippen molar-refractivity contribution in [3.63, 3.8) is 0 Å². The van der Waals surface area contributed by atoms with Crippen molar-refractivity contribution in [3.05, 3.63) is 56.8 Å². The van der Waals surface area contributed by atoms with Gasteiger partial charge in [0.1, 0.15) is 22.5 Å². The monoisotopic (exact) mass is 459 g/mol. The molecular formula is C22H23BrClN3O. The van der Waals surface area contributed by atoms with E-state index in [1.54, 1.807) is 12.1 Å². The fourth-order valence-electron chi connectivity index (χ4n) is 5.58. The van der Waals surface area contributed by atoms with Gasteiger partial charge < -0.3 is 4.74 Å². The lowest BCUT2D eigenvalue weighted by Crippen LogP contribution is -2.74. The minimum atomic E-state index is -0.0385. The summed E-state index contributed by atoms with van der Waals surface area (Å²) in [6.45, 7) is 10.9. The molecule has 0 unspecified atom stereocenters. The largest absolute Gasteiger partial charge is 0.489 e. The summed E-state index contributed by atoms with van der Waals surface area (Å²) in [5, 5.41) is 9.50. The van der Waals surface area contributed by atoms with E-state index in [-0.39, 0.29) is 16.9 Å². The van der Waals surface area contributed by atoms with Gasteiger partial charge >= 0.3 is 0 Å². The number of aromatic nitrogens is 1. The van der Waals surface area contributed by atoms with Crippen LogP contribution in [0.4, 0.5) is 0 Å². The van der Waals surface area contributed by atoms with Gasteiger partial charge in [-0.1, -0.05) is 45.4 Å². The summed E-state index contributed by atoms with van der Waals surface area (Å²) in [5.41, 5.74) is 2.85. The van der Waals surface area contributed by atoms with Gasteiger partial charge in [-0.05, 0) is 39.7 Å². The van der Waals surface area contributed by atoms with Gasteiger partial charge in [0, 0.05) is 36.0 Å². The highest BCUT2D eigenvalue weighted by Gasteiger charge is 2.65. The number of hydrogen-bond acceptors (Lipinski definition) is 4. The first-order chi connectivity index (χ1) is 13.1. The van der Waals surface area contributed by atoms with E-state index in [9.17, 15) is 0 Å². The maximum atomic E-state index is 9.07. The maximum Gasteiger partial charge on any atom is 0.121 e. The highest BCUT2D eigenvalue weighted by Crippen LogP contribution is 2.59. The molecule has 1 fully saturated rings. The van der Waals surface area contributed by atoms with Crippen LogP contribution in [0.5, 0.6) is 5.75 Å². The number of halogens is 2. The molecule has 6 heteroatoms. The average Bonchev–Trinajstić information content (AvgIpc) is 3.00. The third-order valence-electron chi connectivity index (χ3n) is 6.20. The molecule has 2 heterocycles. The van der Waals surface area contributed by atoms with Crippen molar-refractivity contribution in [1.29, 1.82) is 5.26 Å². The second kappa shape index (κ2) is 6.73. The van der Waals surface area contributed by atoms with Crippen LogP contribution in [0.3, 0.4) is 0 Å². The van der Waals surface area contributed by atoms with Crippen LogP contribution in [-0.4, -0.2) is 22.0 Å². The number of hydrogen-bond donors (Lipinski definition) is 0. The maximum absolute atomic E-state index is 9.07. The van der Waals surface area contributed by atoms with Gasteiger partial charge in [-0.25, -0.2) is 4.98 Å². The first kappa shape index (κ1) is 19.7. The molecule has 1 aromatic carbocycles. The Kier molecular flexibility index (Phi) is 4.73. The average molecular weight is 461 g/mol. The molecular weight excluding hydrogens is 438 g/mol. The predicted octanol–water partition coefficient (Wildman–Crippen LogP) is 5.57. The topological polar surface area (TPSA) is 49.1 Å². The molecule has 0 amide bonds. The lowest BCUT2D eigenvalue weighted by atomic mass is 9.49. The van der Waals surface area contributed by atoms with Crippen molar-refractivity contribution in [2.75, 3.05) is 0 Å². The molecule has 1 aliphatic heterocycles. The van der Waals surface area contributed by atoms with Crippen molar-refractivity contribution in [3.8, 4) is 11.8 Å². The molecule has 1 aromatic heterocycles. The number of nitrogens with zero attached hydrogens (tertiary/aromatic N) is 3. The van der Waals surface area contributed by atoms with Gasteiger partial charge in [0.25, 0.3) is 0 Å². The van der Waals surface area contributed by atoms with Crippen molar-refractivity contribution < 1.29 is 4.74 Å². The number of benzene rings is 1. The molecule has 4 nitrogen and oxygen atoms in total. The standard InChI is InChI=1S/C22H23BrClN3O/c1-21(2)19(27-11-14-6-8-18(23)26-17(14)12-27)22(3,4)20(21)28-15-7-5-13(10-25)16(24)9-15/h5-9,19-20H,11-12H2,1-4H3. The quantitative estimate of drug-likeness (QED) is 0.562. The fraction of sp³-hybridized carbons (Fsp3) is 0.455. The van der Waals surface area contributed by atoms with E-state index in [2.05, 4.69) is 65.6 Å². The molecule has 146 valence electrons. The van der Waals surface area contributed by atoms with Crippen molar-refractivity contribution in [1.82, 2.24) is 9.88 Å². The van der Waals surface area contributed by atoms with Crippen LogP contribution < -0.4 is 4.74 Å². The van der Waals surface area contributed by atoms with Crippen LogP contribution in [0.2, 0.25) is 5.02 Å². The molecule has 2 aromatic rings. The summed E-state index contributed by atoms with van der Waals surface area (Å²) in [6.07, 6.45) is 0.0393. The van der Waals surface area contributed by atoms with Crippen LogP contribution in [0.1, 0.15) is 44.5 Å². The second-order valence-electron chi connectivity index (χ2n) is 8.94. The Morgan fingerprint density at radius 1 is 1.18 bits per heavy atom. The lowest BCUT2D eigenvalue weighted by molar-refractivity contribution is -0.211. The Hall–Kier alpha value is -1.61. The first-order valence-corrected chi connectivity index (χ1v) is 10.6. The molecule has 0 atom stereocenters. The molecule has 0 N–H and O–H groups in total. The molecule has 1 saturated carbocycles. The number of rotatable bonds is 3. The first-order valence-electron chi connectivity index (χ1n) is 9.39. The molecule has 28 heavy (non-hydrogen) atoms. The number of fused-ring (bicyclic) bond motifs is 1. The third kappa shape index (κ3) is 3.03. The zero-order valence-corrected chi connectivity index (χ0v) is 18.8. The predicted molar refractivity (Wildman–Crippen MR) is 113 cm³/mol. The van der Waals surface area contributed by atoms with Gasteiger partial charge in [0.05, 0.1) is 16.3 Å². The van der Waals surface area contributed by atoms with E-state index in [0.29, 0.717) is 22.4 Å². The van der Waals surface area contributed by atoms with Crippen LogP contribution in [-0.2, 0) is 13.1 Å². The minimum absolute atomic E-state index is 0.0385. The molecule has 4 rings (SSSR count). The van der Waals surface area contributed by atoms with Gasteiger partial charge in [-0.2, -0.15) is 5.26 Å². The molecule has 0 spiro atoms. The Morgan fingerprint density at radius 2 is 1.89 bits per heavy atom. The number of pyridine rings is 1. The third-order valence-corrected chi connectivity index (χ3v) is 6.96. The van der Waals surface area contributed by atoms with E-state index in [0.717, 1.165) is 23.4 Å². The molecule has 0 radical (unpaired) electrons. The van der Waals surface area contributed by atoms with Gasteiger partial charge in [-0.15, -0.1) is 0 Å². The SMILES string of the molecule is CC1(C)C(Oc2ccc(C#N)c(Cl)c2)C(C)(C)C1N1Cc2ccc(Br)nc2C1. The van der Waals surface area contributed by atoms with Crippen molar-refractivity contribution in [2.45, 2.75) is 52.9 Å². The van der Waals surface area contributed by atoms with Crippen molar-refractivity contribution >= 4 is 27.5 Å². The molecule has 0 saturated heterocycles. The Bertz CT molecular complexity index is 966. The summed E-state index contributed by atoms with van der Waals surface area (Å²) in [6, 6.07) is 11.9. The highest BCUT2D eigenvalue weighted by atomic mass is 79.9. The van der Waals surface area contributed by atoms with Crippen LogP contribution in [0, 0.1) is 22.2 Å². The summed E-state index contributed by atoms with van der Waals surface area (Å²) in [4.78, 5) is 7.18. The zero-order chi connectivity index (χ0) is 20.3. The van der Waals surface area contributed by atoms with Crippen molar-refractivity contribution in [2.24, 2.45) is 10.8 Å². The summed E-state index contributed by atoms with van der Waals surface area (Å²) >= 11 is 9.67. The van der Waals surface area contributed by atoms with Crippen LogP contribution in [0.25, 0.3) is 0 Å². The molecule has 1 aliphatic carbocycles. The highest BCUT2D eigenvalue weighted by molar-refractivity contribution is 9.10. The minimum Gasteiger partial charge on any atom is -0.489 e. The normalized spacial score (nSPS) is 24.9. The smallest absolute Gasteiger partial charge is 0.121 e. The Balaban J connectivity index is 1.55. The van der Waals surface area contributed by atoms with Gasteiger partial charge in [0.15, 0.2) is 0 Å². The summed E-state index contributed by atoms with van der Waals surface area (Å²) < 4.78 is 7.29. The Labute approximate surface area is 179 Å². The van der Waals surface area contributed by atoms with Crippen LogP contribution in [0.15, 0.2) is 34.9 Å². The number of ether oxygens (including phenoxy) is 1. The van der Waals surface area contributed by atoms with E-state index in [4.69, 9.17) is 21.6 Å². The van der Waals surface area contributed by atoms with E-state index in [1.807, 2.05) is 12.1 Å². The second-order valence-corrected chi connectivity index (χ2v) is 10.2. The van der Waals surface area contributed by atoms with E-state index < -0.39 is 0 Å². The van der Waals surface area contributed by atoms with Gasteiger partial charge in [-0.3, -0.25) is 4.90 Å². The summed E-state index contributed by atoms with van der Waals surface area (Å²) in [5.74, 6) is 0.712. The van der Waals surface area contributed by atoms with Gasteiger partial charge in [0.2, 0.25) is 0 Å². The molecule has 2 aliphatic rings. The van der Waals surface area contributed by atoms with E-state index >= 15 is 0 Å². The fourth-order valence-corrected chi connectivity index (χ4v) is 6.14. The summed E-state index contributed by atoms with van der Waals surface area (Å²) in [7, 11) is 0. The molecule has 0 bridgehead atoms. The lowest BCUT2D eigenvalue weighted by Gasteiger charge is -2.65. The van der Waals surface area contributed by atoms with Crippen LogP contribution >= 0.6 is 27.5 Å². The Morgan fingerprint density at radius 3 is 2.54 bits per heavy atom. The zero-order valence-electron chi connectivity index (χ0n) is 16.5. The number of nitriles is 1.